The van der Waals surface area contributed by atoms with E-state index in [2.05, 4.69) is 10.6 Å². The second-order valence-electron chi connectivity index (χ2n) is 21.4. The van der Waals surface area contributed by atoms with E-state index in [1.54, 1.807) is 0 Å². The van der Waals surface area contributed by atoms with Crippen LogP contribution in [0.3, 0.4) is 0 Å². The minimum absolute atomic E-state index is 0.305. The molecule has 0 spiro atoms. The van der Waals surface area contributed by atoms with Crippen molar-refractivity contribution in [3.63, 3.8) is 0 Å². The Hall–Kier alpha value is -2.34. The highest BCUT2D eigenvalue weighted by atomic mass is 16.8. The molecule has 0 saturated carbocycles. The summed E-state index contributed by atoms with van der Waals surface area (Å²) in [5.41, 5.74) is 0. The van der Waals surface area contributed by atoms with Crippen LogP contribution in [-0.4, -0.2) is 359 Å². The van der Waals surface area contributed by atoms with Crippen LogP contribution < -0.4 is 10.6 Å². The molecule has 0 aromatic carbocycles. The second-order valence-corrected chi connectivity index (χ2v) is 21.4. The molecule has 83 heavy (non-hydrogen) atoms. The van der Waals surface area contributed by atoms with E-state index in [4.69, 9.17) is 66.3 Å². The molecule has 7 rings (SSSR count). The van der Waals surface area contributed by atoms with Crippen molar-refractivity contribution in [2.24, 2.45) is 0 Å². The fraction of sp³-hybridized carbons (Fsp3) is 0.957. The van der Waals surface area contributed by atoms with Crippen molar-refractivity contribution in [3.05, 3.63) is 0 Å². The molecule has 0 radical (unpaired) electrons. The van der Waals surface area contributed by atoms with Crippen molar-refractivity contribution in [3.8, 4) is 0 Å². The largest absolute Gasteiger partial charge is 0.394 e. The van der Waals surface area contributed by atoms with E-state index >= 15 is 0 Å². The molecule has 2 amide bonds. The minimum atomic E-state index is -2.28. The van der Waals surface area contributed by atoms with Crippen LogP contribution in [0.5, 0.6) is 0 Å². The van der Waals surface area contributed by atoms with Crippen LogP contribution >= 0.6 is 0 Å². The zero-order valence-corrected chi connectivity index (χ0v) is 45.3. The number of aliphatic hydroxyl groups is 18. The molecular weight excluding hydrogens is 1140 g/mol. The van der Waals surface area contributed by atoms with E-state index in [0.29, 0.717) is 0 Å². The quantitative estimate of drug-likeness (QED) is 0.0538. The van der Waals surface area contributed by atoms with E-state index in [1.807, 2.05) is 0 Å². The van der Waals surface area contributed by atoms with E-state index < -0.39 is 253 Å². The Labute approximate surface area is 472 Å². The van der Waals surface area contributed by atoms with Crippen molar-refractivity contribution in [1.29, 1.82) is 0 Å². The van der Waals surface area contributed by atoms with Gasteiger partial charge in [-0.2, -0.15) is 0 Å². The van der Waals surface area contributed by atoms with Crippen LogP contribution in [0.1, 0.15) is 27.7 Å². The lowest BCUT2D eigenvalue weighted by atomic mass is 9.93. The van der Waals surface area contributed by atoms with Gasteiger partial charge in [0.25, 0.3) is 0 Å². The highest BCUT2D eigenvalue weighted by Gasteiger charge is 2.58. The number of nitrogens with one attached hydrogen (secondary N) is 2. The van der Waals surface area contributed by atoms with Crippen LogP contribution in [0.4, 0.5) is 0 Å². The molecule has 7 aliphatic heterocycles. The number of methoxy groups -OCH3 is 1. The number of ether oxygens (including phenoxy) is 14. The van der Waals surface area contributed by atoms with E-state index in [0.717, 1.165) is 13.8 Å². The molecule has 0 aliphatic carbocycles. The van der Waals surface area contributed by atoms with Gasteiger partial charge in [-0.1, -0.05) is 0 Å². The zero-order valence-electron chi connectivity index (χ0n) is 45.3. The van der Waals surface area contributed by atoms with Gasteiger partial charge in [0.15, 0.2) is 44.0 Å². The number of rotatable bonds is 20. The average Bonchev–Trinajstić information content (AvgIpc) is 3.59. The fourth-order valence-corrected chi connectivity index (χ4v) is 10.6. The van der Waals surface area contributed by atoms with Crippen molar-refractivity contribution >= 4 is 11.8 Å². The standard InChI is InChI=1S/C47H80N2O34/c1-11-22(54)28(60)32(64)43(73-11)72-10-19-38(39(21(41(69)75-19)49-14(4)53)82-45-34(66)29(61)23(55)12(2)74-45)81-42-20(48-13(3)52)27(59)37(16(7-51)77-42)80-47-36(68)40(83-46-35(67)30(62)24(56)15(6-50)76-46)26(58)18(79-47)9-71-44-33(65)31(63)25(57)17(78-44)8-70-5/h11-12,15-47,50-51,54-69H,6-10H2,1-5H3,(H,48,52)(H,49,53)/t11-,12-,15+,16+,17+,18+,19+,20+,21+,22+,23+,24+,25+,26+,27+,28+,29+,30-,31-,32-,33-,34-,35-,36-,37+,38+,39+,40-,41+,42-,43-,44+,45-,46-,47-/m0/s1. The number of aliphatic hydroxyl groups excluding tert-OH is 18. The predicted molar refractivity (Wildman–Crippen MR) is 257 cm³/mol. The number of carbonyl (C=O) groups excluding carboxylic acids is 2. The number of hydrogen-bond acceptors (Lipinski definition) is 34. The summed E-state index contributed by atoms with van der Waals surface area (Å²) >= 11 is 0. The second kappa shape index (κ2) is 29.3. The lowest BCUT2D eigenvalue weighted by molar-refractivity contribution is -0.388. The summed E-state index contributed by atoms with van der Waals surface area (Å²) in [4.78, 5) is 25.8. The minimum Gasteiger partial charge on any atom is -0.394 e. The first-order valence-corrected chi connectivity index (χ1v) is 26.7. The van der Waals surface area contributed by atoms with Gasteiger partial charge in [-0.3, -0.25) is 9.59 Å². The smallest absolute Gasteiger partial charge is 0.217 e. The first-order valence-electron chi connectivity index (χ1n) is 26.7. The topological polar surface area (TPSA) is 552 Å². The Kier molecular flexibility index (Phi) is 24.1. The van der Waals surface area contributed by atoms with Crippen molar-refractivity contribution in [1.82, 2.24) is 10.6 Å². The van der Waals surface area contributed by atoms with Crippen molar-refractivity contribution in [2.45, 2.75) is 243 Å². The molecule has 0 aromatic heterocycles. The lowest BCUT2D eigenvalue weighted by Crippen LogP contribution is -2.71. The van der Waals surface area contributed by atoms with Gasteiger partial charge >= 0.3 is 0 Å². The number of hydrogen-bond donors (Lipinski definition) is 20. The summed E-state index contributed by atoms with van der Waals surface area (Å²) in [6.45, 7) is 0.617. The molecule has 482 valence electrons. The first-order chi connectivity index (χ1) is 39.1. The molecule has 7 heterocycles. The van der Waals surface area contributed by atoms with Crippen LogP contribution in [-0.2, 0) is 75.9 Å². The Balaban J connectivity index is 1.21. The molecular formula is C47H80N2O34. The normalized spacial score (nSPS) is 50.8. The third kappa shape index (κ3) is 15.1. The summed E-state index contributed by atoms with van der Waals surface area (Å²) in [7, 11) is 1.25. The summed E-state index contributed by atoms with van der Waals surface area (Å²) in [5, 5.41) is 201. The van der Waals surface area contributed by atoms with E-state index in [-0.39, 0.29) is 6.61 Å². The Morgan fingerprint density at radius 1 is 0.361 bits per heavy atom. The maximum Gasteiger partial charge on any atom is 0.217 e. The predicted octanol–water partition coefficient (Wildman–Crippen LogP) is -13.3. The van der Waals surface area contributed by atoms with Crippen LogP contribution in [0.15, 0.2) is 0 Å². The van der Waals surface area contributed by atoms with Gasteiger partial charge in [0, 0.05) is 21.0 Å². The van der Waals surface area contributed by atoms with Gasteiger partial charge < -0.3 is 169 Å². The molecule has 7 fully saturated rings. The van der Waals surface area contributed by atoms with Crippen LogP contribution in [0.25, 0.3) is 0 Å². The first kappa shape index (κ1) is 68.2. The van der Waals surface area contributed by atoms with Gasteiger partial charge in [0.05, 0.1) is 45.2 Å². The van der Waals surface area contributed by atoms with Crippen molar-refractivity contribution < 1.29 is 168 Å². The third-order valence-corrected chi connectivity index (χ3v) is 15.4. The average molecular weight is 1220 g/mol. The summed E-state index contributed by atoms with van der Waals surface area (Å²) < 4.78 is 81.4. The molecule has 0 bridgehead atoms. The monoisotopic (exact) mass is 1220 g/mol. The molecule has 7 aliphatic rings. The van der Waals surface area contributed by atoms with Crippen molar-refractivity contribution in [2.75, 3.05) is 40.1 Å². The van der Waals surface area contributed by atoms with E-state index in [9.17, 15) is 102 Å². The maximum absolute atomic E-state index is 13.1. The van der Waals surface area contributed by atoms with Gasteiger partial charge in [-0.25, -0.2) is 0 Å². The van der Waals surface area contributed by atoms with E-state index in [1.165, 1.54) is 21.0 Å². The molecule has 36 heteroatoms. The van der Waals surface area contributed by atoms with Crippen LogP contribution in [0.2, 0.25) is 0 Å². The summed E-state index contributed by atoms with van der Waals surface area (Å²) in [5.74, 6) is -1.72. The molecule has 35 atom stereocenters. The van der Waals surface area contributed by atoms with Gasteiger partial charge in [0.1, 0.15) is 159 Å². The molecule has 0 unspecified atom stereocenters. The highest BCUT2D eigenvalue weighted by molar-refractivity contribution is 5.73. The fourth-order valence-electron chi connectivity index (χ4n) is 10.6. The number of carbonyl (C=O) groups is 2. The van der Waals surface area contributed by atoms with Gasteiger partial charge in [-0.05, 0) is 13.8 Å². The zero-order chi connectivity index (χ0) is 61.2. The van der Waals surface area contributed by atoms with Gasteiger partial charge in [0.2, 0.25) is 11.8 Å². The molecule has 20 N–H and O–H groups in total. The maximum atomic E-state index is 13.1. The third-order valence-electron chi connectivity index (χ3n) is 15.4. The molecule has 0 aromatic rings. The SMILES string of the molecule is COC[C@H]1O[C@@H](OC[C@H]2O[C@@H](O[C@H]3[C@H](O)[C@@H](NC(C)=O)[C@H](O[C@H]4[C@H](O[C@@H]5O[C@@H](C)[C@@H](O)[C@@H](O)[C@@H]5O)[C@@H](NC(C)=O)[C@H](O)O[C@@H]4CO[C@H]4O[C@@H](C)[C@@H](O)[C@@H](O)[C@@H]4O)O[C@@H]3CO)[C@@H](O)[C@@H](O[C@@H]3O[C@H](CO)[C@@H](O)[C@H](O)[C@@H]3O)[C@@H]2O)[C@@H](O)[C@@H](O)[C@@H]1O. The highest BCUT2D eigenvalue weighted by Crippen LogP contribution is 2.37. The number of amides is 2. The van der Waals surface area contributed by atoms with Gasteiger partial charge in [-0.15, -0.1) is 0 Å². The summed E-state index contributed by atoms with van der Waals surface area (Å²) in [6.07, 6.45) is -61.1. The summed E-state index contributed by atoms with van der Waals surface area (Å²) in [6, 6.07) is -3.62. The Bertz CT molecular complexity index is 2050. The van der Waals surface area contributed by atoms with Crippen LogP contribution in [0, 0.1) is 0 Å². The molecule has 7 saturated heterocycles. The Morgan fingerprint density at radius 3 is 1.31 bits per heavy atom. The lowest BCUT2D eigenvalue weighted by Gasteiger charge is -2.51. The molecule has 36 nitrogen and oxygen atoms in total. The Morgan fingerprint density at radius 2 is 0.759 bits per heavy atom.